The predicted octanol–water partition coefficient (Wildman–Crippen LogP) is 4.52. The third kappa shape index (κ3) is 1.58. The standard InChI is InChI=1S/C16H20S/c17-15-4-2-1-3-14(15)16-12-6-10-5-11(8-12)9-13(16)7-10/h1-4,10-13,16-17H,5-9H2. The van der Waals surface area contributed by atoms with Gasteiger partial charge < -0.3 is 0 Å². The molecule has 0 N–H and O–H groups in total. The summed E-state index contributed by atoms with van der Waals surface area (Å²) in [4.78, 5) is 1.23. The minimum absolute atomic E-state index is 0.830. The van der Waals surface area contributed by atoms with Crippen molar-refractivity contribution in [1.82, 2.24) is 0 Å². The zero-order valence-electron chi connectivity index (χ0n) is 10.2. The van der Waals surface area contributed by atoms with Crippen LogP contribution in [0.4, 0.5) is 0 Å². The van der Waals surface area contributed by atoms with Gasteiger partial charge >= 0.3 is 0 Å². The third-order valence-electron chi connectivity index (χ3n) is 5.52. The van der Waals surface area contributed by atoms with Crippen molar-refractivity contribution in [3.05, 3.63) is 29.8 Å². The lowest BCUT2D eigenvalue weighted by Crippen LogP contribution is -2.43. The molecule has 1 heteroatoms. The molecule has 0 nitrogen and oxygen atoms in total. The molecule has 0 heterocycles. The molecule has 17 heavy (non-hydrogen) atoms. The Balaban J connectivity index is 1.73. The topological polar surface area (TPSA) is 0 Å². The summed E-state index contributed by atoms with van der Waals surface area (Å²) in [6, 6.07) is 8.81. The van der Waals surface area contributed by atoms with Gasteiger partial charge in [-0.2, -0.15) is 0 Å². The molecular formula is C16H20S. The highest BCUT2D eigenvalue weighted by Gasteiger charge is 2.48. The van der Waals surface area contributed by atoms with Crippen molar-refractivity contribution >= 4 is 12.6 Å². The summed E-state index contributed by atoms with van der Waals surface area (Å²) in [6.07, 6.45) is 7.54. The second-order valence-electron chi connectivity index (χ2n) is 6.52. The van der Waals surface area contributed by atoms with Gasteiger partial charge in [-0.05, 0) is 73.3 Å². The fraction of sp³-hybridized carbons (Fsp3) is 0.625. The summed E-state index contributed by atoms with van der Waals surface area (Å²) in [5.74, 6) is 4.91. The van der Waals surface area contributed by atoms with E-state index < -0.39 is 0 Å². The Hall–Kier alpha value is -0.430. The summed E-state index contributed by atoms with van der Waals surface area (Å²) in [5, 5.41) is 0. The van der Waals surface area contributed by atoms with Gasteiger partial charge in [-0.15, -0.1) is 12.6 Å². The van der Waals surface area contributed by atoms with Gasteiger partial charge in [0.25, 0.3) is 0 Å². The molecule has 0 aliphatic heterocycles. The van der Waals surface area contributed by atoms with Gasteiger partial charge in [0.1, 0.15) is 0 Å². The van der Waals surface area contributed by atoms with E-state index in [9.17, 15) is 0 Å². The van der Waals surface area contributed by atoms with Gasteiger partial charge in [0.2, 0.25) is 0 Å². The van der Waals surface area contributed by atoms with Crippen LogP contribution in [0, 0.1) is 23.7 Å². The van der Waals surface area contributed by atoms with Crippen LogP contribution in [0.5, 0.6) is 0 Å². The van der Waals surface area contributed by atoms with Gasteiger partial charge in [-0.3, -0.25) is 0 Å². The second-order valence-corrected chi connectivity index (χ2v) is 7.00. The summed E-state index contributed by atoms with van der Waals surface area (Å²) in [7, 11) is 0. The molecule has 0 atom stereocenters. The maximum absolute atomic E-state index is 4.69. The van der Waals surface area contributed by atoms with Crippen molar-refractivity contribution in [2.45, 2.75) is 42.9 Å². The number of hydrogen-bond acceptors (Lipinski definition) is 1. The lowest BCUT2D eigenvalue weighted by Gasteiger charge is -2.54. The smallest absolute Gasteiger partial charge is 0.00750 e. The van der Waals surface area contributed by atoms with Crippen LogP contribution in [0.3, 0.4) is 0 Å². The molecule has 5 rings (SSSR count). The molecule has 0 unspecified atom stereocenters. The van der Waals surface area contributed by atoms with Crippen molar-refractivity contribution in [2.75, 3.05) is 0 Å². The van der Waals surface area contributed by atoms with Crippen molar-refractivity contribution in [3.63, 3.8) is 0 Å². The summed E-state index contributed by atoms with van der Waals surface area (Å²) in [6.45, 7) is 0. The van der Waals surface area contributed by atoms with E-state index in [1.54, 1.807) is 12.0 Å². The van der Waals surface area contributed by atoms with Crippen LogP contribution in [0.2, 0.25) is 0 Å². The summed E-state index contributed by atoms with van der Waals surface area (Å²) < 4.78 is 0. The molecule has 4 bridgehead atoms. The van der Waals surface area contributed by atoms with Crippen LogP contribution in [0.25, 0.3) is 0 Å². The lowest BCUT2D eigenvalue weighted by atomic mass is 9.51. The first-order valence-corrected chi connectivity index (χ1v) is 7.54. The van der Waals surface area contributed by atoms with Gasteiger partial charge in [0, 0.05) is 4.90 Å². The van der Waals surface area contributed by atoms with Crippen molar-refractivity contribution < 1.29 is 0 Å². The minimum atomic E-state index is 0.830. The van der Waals surface area contributed by atoms with E-state index in [2.05, 4.69) is 36.9 Å². The molecular weight excluding hydrogens is 224 g/mol. The number of rotatable bonds is 1. The van der Waals surface area contributed by atoms with E-state index in [4.69, 9.17) is 0 Å². The number of hydrogen-bond donors (Lipinski definition) is 1. The Morgan fingerprint density at radius 3 is 2.00 bits per heavy atom. The maximum atomic E-state index is 4.69. The Morgan fingerprint density at radius 1 is 0.824 bits per heavy atom. The number of benzene rings is 1. The first-order chi connectivity index (χ1) is 8.31. The van der Waals surface area contributed by atoms with E-state index >= 15 is 0 Å². The highest BCUT2D eigenvalue weighted by Crippen LogP contribution is 2.60. The van der Waals surface area contributed by atoms with E-state index in [0.717, 1.165) is 29.6 Å². The van der Waals surface area contributed by atoms with Crippen LogP contribution >= 0.6 is 12.6 Å². The predicted molar refractivity (Wildman–Crippen MR) is 73.5 cm³/mol. The van der Waals surface area contributed by atoms with Crippen LogP contribution in [-0.4, -0.2) is 0 Å². The van der Waals surface area contributed by atoms with Crippen molar-refractivity contribution in [3.8, 4) is 0 Å². The average molecular weight is 244 g/mol. The summed E-state index contributed by atoms with van der Waals surface area (Å²) in [5.41, 5.74) is 1.55. The monoisotopic (exact) mass is 244 g/mol. The van der Waals surface area contributed by atoms with E-state index in [-0.39, 0.29) is 0 Å². The van der Waals surface area contributed by atoms with E-state index in [1.807, 2.05) is 0 Å². The minimum Gasteiger partial charge on any atom is -0.143 e. The Bertz CT molecular complexity index is 409. The van der Waals surface area contributed by atoms with E-state index in [1.165, 1.54) is 30.6 Å². The Kier molecular flexibility index (Phi) is 2.33. The first-order valence-electron chi connectivity index (χ1n) is 7.09. The summed E-state index contributed by atoms with van der Waals surface area (Å²) >= 11 is 4.69. The zero-order chi connectivity index (χ0) is 11.4. The van der Waals surface area contributed by atoms with Crippen molar-refractivity contribution in [1.29, 1.82) is 0 Å². The largest absolute Gasteiger partial charge is 0.143 e. The molecule has 90 valence electrons. The third-order valence-corrected chi connectivity index (χ3v) is 5.93. The molecule has 4 aliphatic rings. The SMILES string of the molecule is Sc1ccccc1C1C2CC3CC(C2)CC1C3. The first kappa shape index (κ1) is 10.5. The molecule has 0 amide bonds. The van der Waals surface area contributed by atoms with Gasteiger partial charge in [0.05, 0.1) is 0 Å². The van der Waals surface area contributed by atoms with E-state index in [0.29, 0.717) is 0 Å². The maximum Gasteiger partial charge on any atom is 0.00750 e. The van der Waals surface area contributed by atoms with Gasteiger partial charge in [-0.1, -0.05) is 18.2 Å². The Morgan fingerprint density at radius 2 is 1.41 bits per heavy atom. The second kappa shape index (κ2) is 3.78. The van der Waals surface area contributed by atoms with Gasteiger partial charge in [-0.25, -0.2) is 0 Å². The van der Waals surface area contributed by atoms with Crippen LogP contribution in [-0.2, 0) is 0 Å². The number of thiol groups is 1. The van der Waals surface area contributed by atoms with Crippen LogP contribution in [0.1, 0.15) is 43.6 Å². The molecule has 1 aromatic carbocycles. The fourth-order valence-electron chi connectivity index (χ4n) is 5.20. The highest BCUT2D eigenvalue weighted by molar-refractivity contribution is 7.80. The Labute approximate surface area is 109 Å². The van der Waals surface area contributed by atoms with Gasteiger partial charge in [0.15, 0.2) is 0 Å². The molecule has 4 saturated carbocycles. The fourth-order valence-corrected chi connectivity index (χ4v) is 5.51. The van der Waals surface area contributed by atoms with Crippen LogP contribution < -0.4 is 0 Å². The molecule has 4 aliphatic carbocycles. The lowest BCUT2D eigenvalue weighted by molar-refractivity contribution is -0.00359. The average Bonchev–Trinajstić information content (AvgIpc) is 2.30. The molecule has 1 aromatic rings. The molecule has 4 fully saturated rings. The zero-order valence-corrected chi connectivity index (χ0v) is 11.1. The molecule has 0 aromatic heterocycles. The van der Waals surface area contributed by atoms with Crippen LogP contribution in [0.15, 0.2) is 29.2 Å². The quantitative estimate of drug-likeness (QED) is 0.690. The normalized spacial score (nSPS) is 43.0. The molecule has 0 saturated heterocycles. The van der Waals surface area contributed by atoms with Crippen molar-refractivity contribution in [2.24, 2.45) is 23.7 Å². The highest BCUT2D eigenvalue weighted by atomic mass is 32.1. The molecule has 0 radical (unpaired) electrons. The molecule has 0 spiro atoms.